The van der Waals surface area contributed by atoms with Crippen LogP contribution >= 0.6 is 11.6 Å². The molecule has 2 rings (SSSR count). The maximum Gasteiger partial charge on any atom is 0.224 e. The molecule has 0 aromatic heterocycles. The van der Waals surface area contributed by atoms with Gasteiger partial charge in [-0.15, -0.1) is 11.6 Å². The summed E-state index contributed by atoms with van der Waals surface area (Å²) in [5.74, 6) is 1.04. The van der Waals surface area contributed by atoms with Gasteiger partial charge in [0.05, 0.1) is 5.92 Å². The monoisotopic (exact) mass is 228 g/mol. The molecule has 2 heterocycles. The molecule has 0 aromatic carbocycles. The molecule has 84 valence electrons. The van der Waals surface area contributed by atoms with Crippen LogP contribution in [0.2, 0.25) is 0 Å². The molecule has 2 fully saturated rings. The van der Waals surface area contributed by atoms with Crippen LogP contribution < -0.4 is 5.32 Å². The first-order valence-corrected chi connectivity index (χ1v) is 6.09. The van der Waals surface area contributed by atoms with Crippen LogP contribution in [-0.4, -0.2) is 42.4 Å². The van der Waals surface area contributed by atoms with Gasteiger partial charge in [0.15, 0.2) is 0 Å². The Kier molecular flexibility index (Phi) is 3.65. The maximum atomic E-state index is 11.5. The van der Waals surface area contributed by atoms with Gasteiger partial charge in [0.2, 0.25) is 5.91 Å². The topological polar surface area (TPSA) is 32.3 Å². The molecule has 2 saturated heterocycles. The molecule has 2 aliphatic rings. The zero-order valence-corrected chi connectivity index (χ0v) is 9.54. The Morgan fingerprint density at radius 1 is 1.53 bits per heavy atom. The first-order valence-electron chi connectivity index (χ1n) is 5.55. The summed E-state index contributed by atoms with van der Waals surface area (Å²) in [7, 11) is 0. The third kappa shape index (κ3) is 2.34. The van der Waals surface area contributed by atoms with Crippen LogP contribution in [0.25, 0.3) is 0 Å². The number of nitrogens with one attached hydrogen (secondary N) is 1. The summed E-state index contributed by atoms with van der Waals surface area (Å²) in [6.07, 6.45) is 6.24. The number of rotatable bonds is 3. The minimum absolute atomic E-state index is 0.225. The van der Waals surface area contributed by atoms with Crippen LogP contribution in [0.3, 0.4) is 0 Å². The highest BCUT2D eigenvalue weighted by Gasteiger charge is 2.39. The van der Waals surface area contributed by atoms with Gasteiger partial charge in [-0.25, -0.2) is 0 Å². The number of carbonyl (C=O) groups excluding carboxylic acids is 1. The molecule has 2 aliphatic heterocycles. The predicted octanol–water partition coefficient (Wildman–Crippen LogP) is 0.992. The van der Waals surface area contributed by atoms with E-state index >= 15 is 0 Å². The predicted molar refractivity (Wildman–Crippen MR) is 61.0 cm³/mol. The second-order valence-electron chi connectivity index (χ2n) is 4.18. The number of halogens is 1. The van der Waals surface area contributed by atoms with Crippen LogP contribution in [0.15, 0.2) is 12.2 Å². The number of hydrogen-bond donors (Lipinski definition) is 1. The Balaban J connectivity index is 1.94. The zero-order chi connectivity index (χ0) is 10.7. The van der Waals surface area contributed by atoms with Crippen molar-refractivity contribution in [2.75, 3.05) is 25.5 Å². The first-order chi connectivity index (χ1) is 7.33. The molecule has 3 nitrogen and oxygen atoms in total. The van der Waals surface area contributed by atoms with E-state index in [9.17, 15) is 4.79 Å². The van der Waals surface area contributed by atoms with Gasteiger partial charge < -0.3 is 5.32 Å². The van der Waals surface area contributed by atoms with Crippen molar-refractivity contribution >= 4 is 17.5 Å². The van der Waals surface area contributed by atoms with Crippen LogP contribution in [-0.2, 0) is 4.79 Å². The van der Waals surface area contributed by atoms with E-state index in [0.29, 0.717) is 11.9 Å². The number of fused-ring (bicyclic) bond motifs is 1. The molecular weight excluding hydrogens is 212 g/mol. The van der Waals surface area contributed by atoms with E-state index in [0.717, 1.165) is 32.5 Å². The lowest BCUT2D eigenvalue weighted by molar-refractivity contribution is -0.124. The number of hydrogen-bond acceptors (Lipinski definition) is 2. The lowest BCUT2D eigenvalue weighted by atomic mass is 9.91. The highest BCUT2D eigenvalue weighted by molar-refractivity contribution is 6.18. The van der Waals surface area contributed by atoms with Gasteiger partial charge in [0.1, 0.15) is 0 Å². The fraction of sp³-hybridized carbons (Fsp3) is 0.727. The second kappa shape index (κ2) is 4.99. The van der Waals surface area contributed by atoms with Crippen molar-refractivity contribution in [1.82, 2.24) is 10.2 Å². The van der Waals surface area contributed by atoms with Crippen molar-refractivity contribution in [3.05, 3.63) is 12.2 Å². The van der Waals surface area contributed by atoms with Gasteiger partial charge in [0, 0.05) is 25.0 Å². The van der Waals surface area contributed by atoms with Gasteiger partial charge >= 0.3 is 0 Å². The molecule has 0 saturated carbocycles. The highest BCUT2D eigenvalue weighted by Crippen LogP contribution is 2.26. The summed E-state index contributed by atoms with van der Waals surface area (Å²) >= 11 is 5.58. The molecule has 1 amide bonds. The summed E-state index contributed by atoms with van der Waals surface area (Å²) in [5.41, 5.74) is 0. The molecule has 0 spiro atoms. The smallest absolute Gasteiger partial charge is 0.224 e. The fourth-order valence-corrected chi connectivity index (χ4v) is 2.67. The SMILES string of the molecule is O=C1NCC2C1CCCN2C/C=C/CCl. The molecule has 2 atom stereocenters. The Morgan fingerprint density at radius 3 is 3.20 bits per heavy atom. The zero-order valence-electron chi connectivity index (χ0n) is 8.79. The summed E-state index contributed by atoms with van der Waals surface area (Å²) in [4.78, 5) is 13.9. The van der Waals surface area contributed by atoms with E-state index in [2.05, 4.69) is 16.3 Å². The molecule has 2 unspecified atom stereocenters. The van der Waals surface area contributed by atoms with Gasteiger partial charge in [-0.2, -0.15) is 0 Å². The molecule has 0 bridgehead atoms. The minimum atomic E-state index is 0.225. The Bertz CT molecular complexity index is 267. The van der Waals surface area contributed by atoms with Gasteiger partial charge in [-0.3, -0.25) is 9.69 Å². The molecule has 4 heteroatoms. The summed E-state index contributed by atoms with van der Waals surface area (Å²) < 4.78 is 0. The Hall–Kier alpha value is -0.540. The van der Waals surface area contributed by atoms with E-state index in [1.807, 2.05) is 6.08 Å². The highest BCUT2D eigenvalue weighted by atomic mass is 35.5. The number of allylic oxidation sites excluding steroid dienone is 1. The molecular formula is C11H17ClN2O. The summed E-state index contributed by atoms with van der Waals surface area (Å²) in [5, 5.41) is 2.95. The largest absolute Gasteiger partial charge is 0.354 e. The molecule has 0 radical (unpaired) electrons. The summed E-state index contributed by atoms with van der Waals surface area (Å²) in [6, 6.07) is 0.409. The normalized spacial score (nSPS) is 31.9. The lowest BCUT2D eigenvalue weighted by Crippen LogP contribution is -2.45. The van der Waals surface area contributed by atoms with E-state index in [1.165, 1.54) is 0 Å². The van der Waals surface area contributed by atoms with Gasteiger partial charge in [0.25, 0.3) is 0 Å². The third-order valence-electron chi connectivity index (χ3n) is 3.31. The molecule has 0 aromatic rings. The van der Waals surface area contributed by atoms with Crippen LogP contribution in [0.4, 0.5) is 0 Å². The lowest BCUT2D eigenvalue weighted by Gasteiger charge is -2.35. The van der Waals surface area contributed by atoms with Crippen LogP contribution in [0.5, 0.6) is 0 Å². The van der Waals surface area contributed by atoms with Crippen molar-refractivity contribution in [2.24, 2.45) is 5.92 Å². The maximum absolute atomic E-state index is 11.5. The standard InChI is InChI=1S/C11H17ClN2O/c12-5-1-2-6-14-7-3-4-9-10(14)8-13-11(9)15/h1-2,9-10H,3-8H2,(H,13,15)/b2-1+. The number of amides is 1. The summed E-state index contributed by atoms with van der Waals surface area (Å²) in [6.45, 7) is 2.84. The number of nitrogens with zero attached hydrogens (tertiary/aromatic N) is 1. The average molecular weight is 229 g/mol. The number of carbonyl (C=O) groups is 1. The van der Waals surface area contributed by atoms with Crippen molar-refractivity contribution in [2.45, 2.75) is 18.9 Å². The first kappa shape index (κ1) is 11.0. The minimum Gasteiger partial charge on any atom is -0.354 e. The van der Waals surface area contributed by atoms with Gasteiger partial charge in [-0.05, 0) is 19.4 Å². The van der Waals surface area contributed by atoms with Crippen LogP contribution in [0, 0.1) is 5.92 Å². The second-order valence-corrected chi connectivity index (χ2v) is 4.49. The van der Waals surface area contributed by atoms with E-state index in [4.69, 9.17) is 11.6 Å². The van der Waals surface area contributed by atoms with E-state index in [-0.39, 0.29) is 11.8 Å². The van der Waals surface area contributed by atoms with E-state index < -0.39 is 0 Å². The Labute approximate surface area is 95.5 Å². The van der Waals surface area contributed by atoms with Crippen molar-refractivity contribution < 1.29 is 4.79 Å². The fourth-order valence-electron chi connectivity index (χ4n) is 2.54. The molecule has 0 aliphatic carbocycles. The van der Waals surface area contributed by atoms with Crippen LogP contribution in [0.1, 0.15) is 12.8 Å². The van der Waals surface area contributed by atoms with E-state index in [1.54, 1.807) is 0 Å². The number of likely N-dealkylation sites (tertiary alicyclic amines) is 1. The molecule has 15 heavy (non-hydrogen) atoms. The van der Waals surface area contributed by atoms with Crippen molar-refractivity contribution in [1.29, 1.82) is 0 Å². The number of alkyl halides is 1. The average Bonchev–Trinajstić information content (AvgIpc) is 2.62. The Morgan fingerprint density at radius 2 is 2.40 bits per heavy atom. The van der Waals surface area contributed by atoms with Gasteiger partial charge in [-0.1, -0.05) is 12.2 Å². The quantitative estimate of drug-likeness (QED) is 0.577. The molecule has 1 N–H and O–H groups in total. The third-order valence-corrected chi connectivity index (χ3v) is 3.49. The van der Waals surface area contributed by atoms with Crippen molar-refractivity contribution in [3.8, 4) is 0 Å². The number of piperidine rings is 1. The van der Waals surface area contributed by atoms with Crippen molar-refractivity contribution in [3.63, 3.8) is 0 Å².